The molecule has 23 heavy (non-hydrogen) atoms. The SMILES string of the molecule is COc1cc(O)c2c3c(c(C)cc(C(=O)O)c13)[C@H](OC)OC2=O. The number of phenolic OH excluding ortho intramolecular Hbond substituents is 1. The van der Waals surface area contributed by atoms with Crippen LogP contribution in [0.1, 0.15) is 38.1 Å². The van der Waals surface area contributed by atoms with E-state index in [2.05, 4.69) is 0 Å². The normalized spacial score (nSPS) is 16.3. The van der Waals surface area contributed by atoms with Crippen LogP contribution in [0.5, 0.6) is 11.5 Å². The van der Waals surface area contributed by atoms with Gasteiger partial charge in [-0.3, -0.25) is 0 Å². The fourth-order valence-corrected chi connectivity index (χ4v) is 2.97. The minimum absolute atomic E-state index is 0.0242. The van der Waals surface area contributed by atoms with Crippen LogP contribution >= 0.6 is 0 Å². The number of aryl methyl sites for hydroxylation is 1. The summed E-state index contributed by atoms with van der Waals surface area (Å²) in [5.74, 6) is -2.12. The number of esters is 1. The fourth-order valence-electron chi connectivity index (χ4n) is 2.97. The van der Waals surface area contributed by atoms with E-state index in [1.807, 2.05) is 0 Å². The van der Waals surface area contributed by atoms with Gasteiger partial charge in [0.1, 0.15) is 17.1 Å². The van der Waals surface area contributed by atoms with Crippen molar-refractivity contribution in [2.45, 2.75) is 13.2 Å². The number of rotatable bonds is 3. The average Bonchev–Trinajstić information content (AvgIpc) is 2.51. The number of cyclic esters (lactones) is 1. The van der Waals surface area contributed by atoms with E-state index < -0.39 is 18.2 Å². The molecule has 0 aromatic heterocycles. The second kappa shape index (κ2) is 5.13. The highest BCUT2D eigenvalue weighted by molar-refractivity contribution is 6.17. The first-order chi connectivity index (χ1) is 10.9. The van der Waals surface area contributed by atoms with Gasteiger partial charge in [-0.1, -0.05) is 0 Å². The van der Waals surface area contributed by atoms with E-state index in [0.29, 0.717) is 11.1 Å². The zero-order valence-electron chi connectivity index (χ0n) is 12.7. The highest BCUT2D eigenvalue weighted by atomic mass is 16.7. The van der Waals surface area contributed by atoms with Crippen molar-refractivity contribution in [3.05, 3.63) is 34.4 Å². The number of carboxylic acid groups (broad SMARTS) is 1. The first-order valence-electron chi connectivity index (χ1n) is 6.74. The van der Waals surface area contributed by atoms with Crippen molar-refractivity contribution in [2.24, 2.45) is 0 Å². The quantitative estimate of drug-likeness (QED) is 0.837. The minimum atomic E-state index is -1.16. The van der Waals surface area contributed by atoms with Gasteiger partial charge < -0.3 is 24.4 Å². The number of ether oxygens (including phenoxy) is 3. The van der Waals surface area contributed by atoms with Gasteiger partial charge in [0.25, 0.3) is 0 Å². The fraction of sp³-hybridized carbons (Fsp3) is 0.250. The number of phenols is 1. The summed E-state index contributed by atoms with van der Waals surface area (Å²) in [6.45, 7) is 1.69. The standard InChI is InChI=1S/C16H14O7/c1-6-4-7(14(18)19)11-9(21-2)5-8(17)12-13(11)10(6)16(22-3)23-15(12)20/h4-5,16-17H,1-3H3,(H,18,19)/t16-/m1/s1. The van der Waals surface area contributed by atoms with Gasteiger partial charge >= 0.3 is 11.9 Å². The minimum Gasteiger partial charge on any atom is -0.507 e. The molecule has 0 bridgehead atoms. The second-order valence-corrected chi connectivity index (χ2v) is 5.16. The molecule has 0 fully saturated rings. The summed E-state index contributed by atoms with van der Waals surface area (Å²) in [6.07, 6.45) is -0.980. The molecule has 2 N–H and O–H groups in total. The Hall–Kier alpha value is -2.80. The number of carboxylic acids is 1. The maximum atomic E-state index is 12.2. The Bertz CT molecular complexity index is 854. The summed E-state index contributed by atoms with van der Waals surface area (Å²) in [4.78, 5) is 23.8. The van der Waals surface area contributed by atoms with Gasteiger partial charge in [0.2, 0.25) is 6.29 Å². The number of hydrogen-bond acceptors (Lipinski definition) is 6. The second-order valence-electron chi connectivity index (χ2n) is 5.16. The van der Waals surface area contributed by atoms with Gasteiger partial charge in [-0.15, -0.1) is 0 Å². The lowest BCUT2D eigenvalue weighted by Gasteiger charge is -2.27. The molecule has 0 unspecified atom stereocenters. The molecule has 3 rings (SSSR count). The van der Waals surface area contributed by atoms with Crippen molar-refractivity contribution in [2.75, 3.05) is 14.2 Å². The van der Waals surface area contributed by atoms with Crippen LogP contribution in [0, 0.1) is 6.92 Å². The van der Waals surface area contributed by atoms with E-state index in [4.69, 9.17) is 14.2 Å². The molecule has 120 valence electrons. The van der Waals surface area contributed by atoms with Crippen LogP contribution in [-0.2, 0) is 9.47 Å². The van der Waals surface area contributed by atoms with E-state index in [1.54, 1.807) is 6.92 Å². The summed E-state index contributed by atoms with van der Waals surface area (Å²) in [6, 6.07) is 2.67. The third-order valence-corrected chi connectivity index (χ3v) is 3.91. The molecule has 0 spiro atoms. The van der Waals surface area contributed by atoms with Gasteiger partial charge in [0.15, 0.2) is 0 Å². The average molecular weight is 318 g/mol. The molecular weight excluding hydrogens is 304 g/mol. The monoisotopic (exact) mass is 318 g/mol. The molecular formula is C16H14O7. The Morgan fingerprint density at radius 3 is 2.52 bits per heavy atom. The summed E-state index contributed by atoms with van der Waals surface area (Å²) in [7, 11) is 2.73. The van der Waals surface area contributed by atoms with E-state index in [9.17, 15) is 19.8 Å². The van der Waals surface area contributed by atoms with Crippen LogP contribution < -0.4 is 4.74 Å². The lowest BCUT2D eigenvalue weighted by Crippen LogP contribution is -2.22. The molecule has 0 saturated carbocycles. The lowest BCUT2D eigenvalue weighted by atomic mass is 9.89. The summed E-state index contributed by atoms with van der Waals surface area (Å²) in [5.41, 5.74) is 0.957. The molecule has 7 nitrogen and oxygen atoms in total. The number of methoxy groups -OCH3 is 2. The predicted octanol–water partition coefficient (Wildman–Crippen LogP) is 2.38. The smallest absolute Gasteiger partial charge is 0.345 e. The molecule has 1 aliphatic rings. The van der Waals surface area contributed by atoms with E-state index >= 15 is 0 Å². The number of benzene rings is 2. The number of aromatic hydroxyl groups is 1. The number of carbonyl (C=O) groups excluding carboxylic acids is 1. The summed E-state index contributed by atoms with van der Waals surface area (Å²) >= 11 is 0. The van der Waals surface area contributed by atoms with Crippen molar-refractivity contribution in [3.8, 4) is 11.5 Å². The van der Waals surface area contributed by atoms with Gasteiger partial charge in [0.05, 0.1) is 12.7 Å². The molecule has 1 aliphatic heterocycles. The molecule has 1 atom stereocenters. The summed E-state index contributed by atoms with van der Waals surface area (Å²) in [5, 5.41) is 20.2. The molecule has 0 amide bonds. The molecule has 0 radical (unpaired) electrons. The predicted molar refractivity (Wildman–Crippen MR) is 79.0 cm³/mol. The van der Waals surface area contributed by atoms with E-state index in [1.165, 1.54) is 26.4 Å². The van der Waals surface area contributed by atoms with Gasteiger partial charge in [-0.2, -0.15) is 0 Å². The first kappa shape index (κ1) is 15.1. The molecule has 0 saturated heterocycles. The van der Waals surface area contributed by atoms with Crippen LogP contribution in [0.2, 0.25) is 0 Å². The molecule has 1 heterocycles. The zero-order valence-corrected chi connectivity index (χ0v) is 12.7. The maximum Gasteiger partial charge on any atom is 0.345 e. The van der Waals surface area contributed by atoms with Crippen LogP contribution in [0.25, 0.3) is 10.8 Å². The van der Waals surface area contributed by atoms with Crippen LogP contribution in [0.4, 0.5) is 0 Å². The highest BCUT2D eigenvalue weighted by Gasteiger charge is 2.35. The van der Waals surface area contributed by atoms with Crippen LogP contribution in [0.15, 0.2) is 12.1 Å². The molecule has 0 aliphatic carbocycles. The van der Waals surface area contributed by atoms with Crippen LogP contribution in [-0.4, -0.2) is 36.4 Å². The van der Waals surface area contributed by atoms with Crippen LogP contribution in [0.3, 0.4) is 0 Å². The van der Waals surface area contributed by atoms with Crippen molar-refractivity contribution in [3.63, 3.8) is 0 Å². The largest absolute Gasteiger partial charge is 0.507 e. The lowest BCUT2D eigenvalue weighted by molar-refractivity contribution is -0.0944. The van der Waals surface area contributed by atoms with Gasteiger partial charge in [-0.25, -0.2) is 9.59 Å². The maximum absolute atomic E-state index is 12.2. The van der Waals surface area contributed by atoms with E-state index in [-0.39, 0.29) is 33.4 Å². The summed E-state index contributed by atoms with van der Waals surface area (Å²) < 4.78 is 15.6. The Labute approximate surface area is 131 Å². The zero-order chi connectivity index (χ0) is 16.9. The first-order valence-corrected chi connectivity index (χ1v) is 6.74. The van der Waals surface area contributed by atoms with E-state index in [0.717, 1.165) is 0 Å². The molecule has 2 aromatic carbocycles. The third kappa shape index (κ3) is 2.01. The molecule has 7 heteroatoms. The Balaban J connectivity index is 2.61. The van der Waals surface area contributed by atoms with Crippen molar-refractivity contribution < 1.29 is 34.0 Å². The third-order valence-electron chi connectivity index (χ3n) is 3.91. The Kier molecular flexibility index (Phi) is 3.37. The van der Waals surface area contributed by atoms with Crippen molar-refractivity contribution in [1.82, 2.24) is 0 Å². The topological polar surface area (TPSA) is 102 Å². The van der Waals surface area contributed by atoms with Crippen molar-refractivity contribution in [1.29, 1.82) is 0 Å². The Morgan fingerprint density at radius 2 is 1.96 bits per heavy atom. The van der Waals surface area contributed by atoms with Gasteiger partial charge in [-0.05, 0) is 18.6 Å². The number of aromatic carboxylic acids is 1. The van der Waals surface area contributed by atoms with Crippen molar-refractivity contribution >= 4 is 22.7 Å². The number of hydrogen-bond donors (Lipinski definition) is 2. The molecule has 2 aromatic rings. The van der Waals surface area contributed by atoms with Gasteiger partial charge in [0, 0.05) is 29.5 Å². The highest BCUT2D eigenvalue weighted by Crippen LogP contribution is 2.46. The number of carbonyl (C=O) groups is 2. The Morgan fingerprint density at radius 1 is 1.26 bits per heavy atom.